The Kier molecular flexibility index (Phi) is 6.29. The van der Waals surface area contributed by atoms with Crippen LogP contribution in [0.25, 0.3) is 0 Å². The maximum atomic E-state index is 11.8. The molecule has 1 atom stereocenters. The fourth-order valence-corrected chi connectivity index (χ4v) is 2.21. The van der Waals surface area contributed by atoms with Crippen molar-refractivity contribution >= 4 is 33.5 Å². The highest BCUT2D eigenvalue weighted by Crippen LogP contribution is 2.23. The van der Waals surface area contributed by atoms with E-state index in [1.807, 2.05) is 0 Å². The molecule has 1 unspecified atom stereocenters. The number of carbonyl (C=O) groups excluding carboxylic acids is 1. The Labute approximate surface area is 129 Å². The van der Waals surface area contributed by atoms with Crippen molar-refractivity contribution in [3.63, 3.8) is 0 Å². The first-order valence-electron chi connectivity index (χ1n) is 6.23. The molecule has 8 heteroatoms. The van der Waals surface area contributed by atoms with Gasteiger partial charge in [0.15, 0.2) is 0 Å². The number of aliphatic carboxylic acids is 1. The molecule has 0 saturated carbocycles. The third kappa shape index (κ3) is 5.90. The standard InChI is InChI=1S/C13H15BrN2O5/c1-8(2-5-13(18)19)15-12(17)6-9-3-4-10(16(20)21)7-11(9)14/h3-4,7-8H,2,5-6H2,1H3,(H,15,17)(H,18,19). The van der Waals surface area contributed by atoms with Crippen molar-refractivity contribution in [2.24, 2.45) is 0 Å². The molecule has 21 heavy (non-hydrogen) atoms. The summed E-state index contributed by atoms with van der Waals surface area (Å²) in [7, 11) is 0. The molecule has 0 aromatic heterocycles. The lowest BCUT2D eigenvalue weighted by molar-refractivity contribution is -0.384. The predicted molar refractivity (Wildman–Crippen MR) is 79.0 cm³/mol. The molecule has 0 aliphatic carbocycles. The van der Waals surface area contributed by atoms with Gasteiger partial charge in [0.1, 0.15) is 0 Å². The Hall–Kier alpha value is -1.96. The number of amides is 1. The summed E-state index contributed by atoms with van der Waals surface area (Å²) in [5.41, 5.74) is 0.574. The second kappa shape index (κ2) is 7.72. The summed E-state index contributed by atoms with van der Waals surface area (Å²) in [6.45, 7) is 1.73. The molecule has 0 heterocycles. The summed E-state index contributed by atoms with van der Waals surface area (Å²) >= 11 is 3.20. The van der Waals surface area contributed by atoms with Crippen LogP contribution in [0.2, 0.25) is 0 Å². The van der Waals surface area contributed by atoms with Crippen LogP contribution < -0.4 is 5.32 Å². The quantitative estimate of drug-likeness (QED) is 0.573. The third-order valence-electron chi connectivity index (χ3n) is 2.80. The van der Waals surface area contributed by atoms with Gasteiger partial charge in [0.25, 0.3) is 5.69 Å². The highest BCUT2D eigenvalue weighted by atomic mass is 79.9. The van der Waals surface area contributed by atoms with Crippen molar-refractivity contribution in [2.45, 2.75) is 32.2 Å². The number of carboxylic acid groups (broad SMARTS) is 1. The predicted octanol–water partition coefficient (Wildman–Crippen LogP) is 2.27. The highest BCUT2D eigenvalue weighted by molar-refractivity contribution is 9.10. The van der Waals surface area contributed by atoms with E-state index in [0.29, 0.717) is 16.5 Å². The number of nitro groups is 1. The highest BCUT2D eigenvalue weighted by Gasteiger charge is 2.14. The van der Waals surface area contributed by atoms with E-state index in [2.05, 4.69) is 21.2 Å². The number of nitro benzene ring substituents is 1. The number of rotatable bonds is 7. The minimum atomic E-state index is -0.908. The number of benzene rings is 1. The number of hydrogen-bond donors (Lipinski definition) is 2. The minimum Gasteiger partial charge on any atom is -0.481 e. The number of carboxylic acids is 1. The molecule has 1 aromatic rings. The van der Waals surface area contributed by atoms with Gasteiger partial charge in [-0.3, -0.25) is 19.7 Å². The number of nitrogens with zero attached hydrogens (tertiary/aromatic N) is 1. The van der Waals surface area contributed by atoms with E-state index in [9.17, 15) is 19.7 Å². The van der Waals surface area contributed by atoms with Crippen LogP contribution in [-0.4, -0.2) is 27.9 Å². The minimum absolute atomic E-state index is 0.0112. The lowest BCUT2D eigenvalue weighted by Gasteiger charge is -2.13. The van der Waals surface area contributed by atoms with Gasteiger partial charge in [-0.1, -0.05) is 22.0 Å². The topological polar surface area (TPSA) is 110 Å². The van der Waals surface area contributed by atoms with Crippen molar-refractivity contribution in [3.8, 4) is 0 Å². The van der Waals surface area contributed by atoms with Crippen molar-refractivity contribution in [3.05, 3.63) is 38.3 Å². The van der Waals surface area contributed by atoms with Crippen LogP contribution in [0.5, 0.6) is 0 Å². The molecule has 0 aliphatic rings. The number of carbonyl (C=O) groups is 2. The van der Waals surface area contributed by atoms with Crippen molar-refractivity contribution in [2.75, 3.05) is 0 Å². The van der Waals surface area contributed by atoms with Crippen molar-refractivity contribution < 1.29 is 19.6 Å². The Morgan fingerprint density at radius 1 is 1.48 bits per heavy atom. The monoisotopic (exact) mass is 358 g/mol. The van der Waals surface area contributed by atoms with Gasteiger partial charge in [-0.05, 0) is 18.9 Å². The average molecular weight is 359 g/mol. The lowest BCUT2D eigenvalue weighted by atomic mass is 10.1. The first kappa shape index (κ1) is 17.1. The lowest BCUT2D eigenvalue weighted by Crippen LogP contribution is -2.34. The summed E-state index contributed by atoms with van der Waals surface area (Å²) < 4.78 is 0.491. The Morgan fingerprint density at radius 3 is 2.67 bits per heavy atom. The van der Waals surface area contributed by atoms with Gasteiger partial charge >= 0.3 is 5.97 Å². The first-order chi connectivity index (χ1) is 9.79. The normalized spacial score (nSPS) is 11.7. The van der Waals surface area contributed by atoms with Gasteiger partial charge in [-0.2, -0.15) is 0 Å². The number of halogens is 1. The van der Waals surface area contributed by atoms with E-state index in [0.717, 1.165) is 0 Å². The zero-order valence-corrected chi connectivity index (χ0v) is 12.9. The van der Waals surface area contributed by atoms with E-state index in [-0.39, 0.29) is 30.5 Å². The molecule has 7 nitrogen and oxygen atoms in total. The van der Waals surface area contributed by atoms with Gasteiger partial charge < -0.3 is 10.4 Å². The van der Waals surface area contributed by atoms with Gasteiger partial charge in [0.2, 0.25) is 5.91 Å². The zero-order chi connectivity index (χ0) is 16.0. The van der Waals surface area contributed by atoms with Crippen molar-refractivity contribution in [1.82, 2.24) is 5.32 Å². The molecule has 0 fully saturated rings. The second-order valence-electron chi connectivity index (χ2n) is 4.61. The number of hydrogen-bond acceptors (Lipinski definition) is 4. The molecular formula is C13H15BrN2O5. The smallest absolute Gasteiger partial charge is 0.303 e. The molecule has 0 saturated heterocycles. The molecule has 2 N–H and O–H groups in total. The Morgan fingerprint density at radius 2 is 2.14 bits per heavy atom. The van der Waals surface area contributed by atoms with Gasteiger partial charge in [-0.15, -0.1) is 0 Å². The second-order valence-corrected chi connectivity index (χ2v) is 5.46. The summed E-state index contributed by atoms with van der Waals surface area (Å²) in [5.74, 6) is -1.17. The molecule has 1 amide bonds. The largest absolute Gasteiger partial charge is 0.481 e. The molecule has 1 aromatic carbocycles. The first-order valence-corrected chi connectivity index (χ1v) is 7.03. The Bertz CT molecular complexity index is 561. The SMILES string of the molecule is CC(CCC(=O)O)NC(=O)Cc1ccc([N+](=O)[O-])cc1Br. The van der Waals surface area contributed by atoms with E-state index in [4.69, 9.17) is 5.11 Å². The van der Waals surface area contributed by atoms with Crippen LogP contribution in [0.4, 0.5) is 5.69 Å². The van der Waals surface area contributed by atoms with Crippen LogP contribution >= 0.6 is 15.9 Å². The summed E-state index contributed by atoms with van der Waals surface area (Å²) in [6.07, 6.45) is 0.404. The van der Waals surface area contributed by atoms with E-state index in [1.54, 1.807) is 6.92 Å². The molecule has 114 valence electrons. The van der Waals surface area contributed by atoms with Crippen LogP contribution in [0.1, 0.15) is 25.3 Å². The van der Waals surface area contributed by atoms with Gasteiger partial charge in [-0.25, -0.2) is 0 Å². The molecule has 0 bridgehead atoms. The van der Waals surface area contributed by atoms with E-state index < -0.39 is 10.9 Å². The van der Waals surface area contributed by atoms with Crippen LogP contribution in [0, 0.1) is 10.1 Å². The maximum absolute atomic E-state index is 11.8. The van der Waals surface area contributed by atoms with Gasteiger partial charge in [0, 0.05) is 29.1 Å². The third-order valence-corrected chi connectivity index (χ3v) is 3.54. The van der Waals surface area contributed by atoms with Gasteiger partial charge in [0.05, 0.1) is 11.3 Å². The van der Waals surface area contributed by atoms with Crippen LogP contribution in [0.3, 0.4) is 0 Å². The molecular weight excluding hydrogens is 344 g/mol. The molecule has 0 radical (unpaired) electrons. The van der Waals surface area contributed by atoms with Crippen LogP contribution in [-0.2, 0) is 16.0 Å². The summed E-state index contributed by atoms with van der Waals surface area (Å²) in [4.78, 5) is 32.4. The van der Waals surface area contributed by atoms with E-state index >= 15 is 0 Å². The average Bonchev–Trinajstić information content (AvgIpc) is 2.38. The fraction of sp³-hybridized carbons (Fsp3) is 0.385. The Balaban J connectivity index is 2.58. The maximum Gasteiger partial charge on any atom is 0.303 e. The zero-order valence-electron chi connectivity index (χ0n) is 11.3. The summed E-state index contributed by atoms with van der Waals surface area (Å²) in [5, 5.41) is 21.9. The van der Waals surface area contributed by atoms with E-state index in [1.165, 1.54) is 18.2 Å². The molecule has 0 aliphatic heterocycles. The molecule has 1 rings (SSSR count). The summed E-state index contributed by atoms with van der Waals surface area (Å²) in [6, 6.07) is 3.95. The number of nitrogens with one attached hydrogen (secondary N) is 1. The molecule has 0 spiro atoms. The van der Waals surface area contributed by atoms with Crippen molar-refractivity contribution in [1.29, 1.82) is 0 Å². The van der Waals surface area contributed by atoms with Crippen LogP contribution in [0.15, 0.2) is 22.7 Å². The fourth-order valence-electron chi connectivity index (χ4n) is 1.70. The number of non-ortho nitro benzene ring substituents is 1.